The number of pyridine rings is 1. The van der Waals surface area contributed by atoms with Crippen LogP contribution >= 0.6 is 0 Å². The number of aromatic amines is 1. The Morgan fingerprint density at radius 3 is 2.35 bits per heavy atom. The second kappa shape index (κ2) is 5.66. The molecule has 0 aliphatic carbocycles. The van der Waals surface area contributed by atoms with Crippen LogP contribution in [0.25, 0.3) is 0 Å². The Labute approximate surface area is 101 Å². The molecule has 0 fully saturated rings. The Morgan fingerprint density at radius 1 is 1.29 bits per heavy atom. The normalized spacial score (nSPS) is 11.2. The zero-order chi connectivity index (χ0) is 12.9. The van der Waals surface area contributed by atoms with E-state index in [1.54, 1.807) is 0 Å². The van der Waals surface area contributed by atoms with Gasteiger partial charge in [-0.2, -0.15) is 0 Å². The van der Waals surface area contributed by atoms with E-state index in [-0.39, 0.29) is 22.4 Å². The van der Waals surface area contributed by atoms with E-state index in [9.17, 15) is 9.59 Å². The summed E-state index contributed by atoms with van der Waals surface area (Å²) in [4.78, 5) is 26.3. The Morgan fingerprint density at radius 2 is 1.88 bits per heavy atom. The van der Waals surface area contributed by atoms with Gasteiger partial charge in [-0.05, 0) is 19.3 Å². The first-order valence-corrected chi connectivity index (χ1v) is 6.08. The fourth-order valence-electron chi connectivity index (χ4n) is 1.92. The topological polar surface area (TPSA) is 62.0 Å². The van der Waals surface area contributed by atoms with Crippen molar-refractivity contribution in [3.63, 3.8) is 0 Å². The molecular formula is C13H20N2O2. The minimum Gasteiger partial charge on any atom is -0.367 e. The lowest BCUT2D eigenvalue weighted by atomic mass is 9.89. The molecule has 0 aliphatic rings. The highest BCUT2D eigenvalue weighted by atomic mass is 16.2. The number of carbonyl (C=O) groups is 1. The average Bonchev–Trinajstić information content (AvgIpc) is 2.36. The first-order chi connectivity index (χ1) is 8.08. The van der Waals surface area contributed by atoms with Gasteiger partial charge in [0, 0.05) is 24.0 Å². The number of hydrogen-bond acceptors (Lipinski definition) is 2. The molecule has 1 heterocycles. The number of hydrogen-bond donors (Lipinski definition) is 2. The van der Waals surface area contributed by atoms with Gasteiger partial charge >= 0.3 is 0 Å². The number of nitrogens with one attached hydrogen (secondary N) is 2. The van der Waals surface area contributed by atoms with E-state index in [1.807, 2.05) is 20.8 Å². The summed E-state index contributed by atoms with van der Waals surface area (Å²) < 4.78 is 0. The molecule has 1 aromatic rings. The van der Waals surface area contributed by atoms with Gasteiger partial charge in [0.2, 0.25) is 0 Å². The van der Waals surface area contributed by atoms with Crippen molar-refractivity contribution in [1.82, 2.24) is 10.3 Å². The van der Waals surface area contributed by atoms with Crippen molar-refractivity contribution in [3.05, 3.63) is 34.2 Å². The lowest BCUT2D eigenvalue weighted by Gasteiger charge is -2.31. The molecule has 0 aromatic carbocycles. The zero-order valence-electron chi connectivity index (χ0n) is 10.7. The lowest BCUT2D eigenvalue weighted by Crippen LogP contribution is -2.48. The summed E-state index contributed by atoms with van der Waals surface area (Å²) in [5.74, 6) is -0.294. The van der Waals surface area contributed by atoms with Crippen molar-refractivity contribution < 1.29 is 4.79 Å². The van der Waals surface area contributed by atoms with Crippen molar-refractivity contribution >= 4 is 5.91 Å². The summed E-state index contributed by atoms with van der Waals surface area (Å²) in [7, 11) is 0. The Bertz CT molecular complexity index is 425. The maximum absolute atomic E-state index is 12.0. The van der Waals surface area contributed by atoms with Crippen LogP contribution in [0.2, 0.25) is 0 Å². The van der Waals surface area contributed by atoms with Crippen molar-refractivity contribution in [3.8, 4) is 0 Å². The van der Waals surface area contributed by atoms with Crippen LogP contribution < -0.4 is 10.7 Å². The second-order valence-corrected chi connectivity index (χ2v) is 4.22. The molecule has 1 rings (SSSR count). The molecule has 1 amide bonds. The molecule has 17 heavy (non-hydrogen) atoms. The molecule has 0 atom stereocenters. The molecule has 94 valence electrons. The van der Waals surface area contributed by atoms with Gasteiger partial charge in [0.05, 0.1) is 0 Å². The first kappa shape index (κ1) is 13.5. The first-order valence-electron chi connectivity index (χ1n) is 6.08. The fraction of sp³-hybridized carbons (Fsp3) is 0.538. The maximum Gasteiger partial charge on any atom is 0.257 e. The zero-order valence-corrected chi connectivity index (χ0v) is 10.7. The molecule has 0 saturated heterocycles. The minimum atomic E-state index is -0.294. The predicted molar refractivity (Wildman–Crippen MR) is 68.1 cm³/mol. The minimum absolute atomic E-state index is 0.173. The van der Waals surface area contributed by atoms with Crippen LogP contribution in [0.3, 0.4) is 0 Å². The number of carbonyl (C=O) groups excluding carboxylic acids is 1. The molecule has 0 saturated carbocycles. The number of aromatic nitrogens is 1. The third-order valence-electron chi connectivity index (χ3n) is 3.48. The van der Waals surface area contributed by atoms with E-state index in [0.717, 1.165) is 19.3 Å². The summed E-state index contributed by atoms with van der Waals surface area (Å²) in [6, 6.07) is 1.36. The third kappa shape index (κ3) is 2.96. The predicted octanol–water partition coefficient (Wildman–Crippen LogP) is 2.07. The monoisotopic (exact) mass is 236 g/mol. The molecule has 0 aliphatic heterocycles. The number of rotatable bonds is 5. The Hall–Kier alpha value is -1.58. The SMILES string of the molecule is CCC(CC)(CC)NC(=O)c1c[nH]ccc1=O. The molecule has 4 heteroatoms. The molecule has 1 aromatic heterocycles. The van der Waals surface area contributed by atoms with Gasteiger partial charge in [0.15, 0.2) is 5.43 Å². The van der Waals surface area contributed by atoms with E-state index in [2.05, 4.69) is 10.3 Å². The van der Waals surface area contributed by atoms with E-state index in [0.29, 0.717) is 0 Å². The Balaban J connectivity index is 2.93. The quantitative estimate of drug-likeness (QED) is 0.822. The van der Waals surface area contributed by atoms with Crippen LogP contribution in [-0.2, 0) is 0 Å². The number of H-pyrrole nitrogens is 1. The Kier molecular flexibility index (Phi) is 4.49. The standard InChI is InChI=1S/C13H20N2O2/c1-4-13(5-2,6-3)15-12(17)10-9-14-8-7-11(10)16/h7-9H,4-6H2,1-3H3,(H,14,16)(H,15,17). The highest BCUT2D eigenvalue weighted by molar-refractivity contribution is 5.94. The van der Waals surface area contributed by atoms with E-state index in [1.165, 1.54) is 18.5 Å². The van der Waals surface area contributed by atoms with Crippen LogP contribution in [0, 0.1) is 0 Å². The molecule has 4 nitrogen and oxygen atoms in total. The van der Waals surface area contributed by atoms with Gasteiger partial charge in [-0.1, -0.05) is 20.8 Å². The molecule has 0 bridgehead atoms. The van der Waals surface area contributed by atoms with Crippen LogP contribution in [0.4, 0.5) is 0 Å². The van der Waals surface area contributed by atoms with Gasteiger partial charge < -0.3 is 10.3 Å². The highest BCUT2D eigenvalue weighted by Gasteiger charge is 2.26. The van der Waals surface area contributed by atoms with Gasteiger partial charge in [0.1, 0.15) is 5.56 Å². The summed E-state index contributed by atoms with van der Waals surface area (Å²) in [6.45, 7) is 6.13. The van der Waals surface area contributed by atoms with Gasteiger partial charge in [-0.25, -0.2) is 0 Å². The van der Waals surface area contributed by atoms with E-state index in [4.69, 9.17) is 0 Å². The van der Waals surface area contributed by atoms with E-state index < -0.39 is 0 Å². The number of amides is 1. The molecule has 0 radical (unpaired) electrons. The second-order valence-electron chi connectivity index (χ2n) is 4.22. The highest BCUT2D eigenvalue weighted by Crippen LogP contribution is 2.19. The fourth-order valence-corrected chi connectivity index (χ4v) is 1.92. The smallest absolute Gasteiger partial charge is 0.257 e. The molecular weight excluding hydrogens is 216 g/mol. The maximum atomic E-state index is 12.0. The summed E-state index contributed by atoms with van der Waals surface area (Å²) in [5.41, 5.74) is -0.287. The molecule has 0 unspecified atom stereocenters. The largest absolute Gasteiger partial charge is 0.367 e. The van der Waals surface area contributed by atoms with Gasteiger partial charge in [-0.3, -0.25) is 9.59 Å². The van der Waals surface area contributed by atoms with Crippen molar-refractivity contribution in [2.24, 2.45) is 0 Å². The van der Waals surface area contributed by atoms with E-state index >= 15 is 0 Å². The van der Waals surface area contributed by atoms with Crippen LogP contribution in [0.5, 0.6) is 0 Å². The average molecular weight is 236 g/mol. The lowest BCUT2D eigenvalue weighted by molar-refractivity contribution is 0.0886. The summed E-state index contributed by atoms with van der Waals surface area (Å²) in [6.07, 6.45) is 5.54. The summed E-state index contributed by atoms with van der Waals surface area (Å²) in [5, 5.41) is 2.98. The van der Waals surface area contributed by atoms with Crippen LogP contribution in [-0.4, -0.2) is 16.4 Å². The van der Waals surface area contributed by atoms with Crippen molar-refractivity contribution in [2.45, 2.75) is 45.6 Å². The van der Waals surface area contributed by atoms with Gasteiger partial charge in [0.25, 0.3) is 5.91 Å². The van der Waals surface area contributed by atoms with Crippen molar-refractivity contribution in [2.75, 3.05) is 0 Å². The van der Waals surface area contributed by atoms with Crippen molar-refractivity contribution in [1.29, 1.82) is 0 Å². The third-order valence-corrected chi connectivity index (χ3v) is 3.48. The van der Waals surface area contributed by atoms with Gasteiger partial charge in [-0.15, -0.1) is 0 Å². The van der Waals surface area contributed by atoms with Crippen LogP contribution in [0.15, 0.2) is 23.3 Å². The summed E-state index contributed by atoms with van der Waals surface area (Å²) >= 11 is 0. The molecule has 0 spiro atoms. The molecule has 2 N–H and O–H groups in total. The van der Waals surface area contributed by atoms with Crippen LogP contribution in [0.1, 0.15) is 50.4 Å².